The van der Waals surface area contributed by atoms with Crippen LogP contribution in [0.15, 0.2) is 24.3 Å². The maximum absolute atomic E-state index is 13.8. The molecule has 1 aromatic carbocycles. The van der Waals surface area contributed by atoms with Crippen molar-refractivity contribution in [2.24, 2.45) is 11.7 Å². The third-order valence-corrected chi connectivity index (χ3v) is 5.67. The number of hydrogen-bond acceptors (Lipinski definition) is 5. The average Bonchev–Trinajstić information content (AvgIpc) is 3.60. The standard InChI is InChI=1S/C19H24F3N3O2.C4H4O4/c20-14-9-16(22)15(21)7-12(14)8-17(23)11-3-5-25(6-4-11)19(27)10-18(26)24-13-1-2-13;5-3(6)1-2-4(7)8/h7,9,11,13,17H,1-6,8,10,23H2,(H,24,26);1-2H,(H,5,6)(H,7,8)/b;2-1-/t17-;/m1./s1. The van der Waals surface area contributed by atoms with Gasteiger partial charge < -0.3 is 26.2 Å². The molecular weight excluding hydrogens is 471 g/mol. The largest absolute Gasteiger partial charge is 0.478 e. The van der Waals surface area contributed by atoms with E-state index in [9.17, 15) is 32.3 Å². The first-order valence-electron chi connectivity index (χ1n) is 11.1. The van der Waals surface area contributed by atoms with Crippen molar-refractivity contribution in [3.8, 4) is 0 Å². The molecule has 9 nitrogen and oxygen atoms in total. The summed E-state index contributed by atoms with van der Waals surface area (Å²) in [5.41, 5.74) is 6.20. The Balaban J connectivity index is 0.000000466. The molecule has 0 spiro atoms. The number of carboxylic acid groups (broad SMARTS) is 2. The molecule has 2 fully saturated rings. The SMILES string of the molecule is N[C@H](Cc1cc(F)c(F)cc1F)C1CCN(C(=O)CC(=O)NC2CC2)CC1.O=C(O)/C=C\C(=O)O. The van der Waals surface area contributed by atoms with Crippen molar-refractivity contribution in [1.29, 1.82) is 0 Å². The fraction of sp³-hybridized carbons (Fsp3) is 0.478. The van der Waals surface area contributed by atoms with Crippen molar-refractivity contribution < 1.29 is 42.6 Å². The number of aliphatic carboxylic acids is 2. The van der Waals surface area contributed by atoms with Gasteiger partial charge in [0.1, 0.15) is 12.2 Å². The smallest absolute Gasteiger partial charge is 0.328 e. The monoisotopic (exact) mass is 499 g/mol. The van der Waals surface area contributed by atoms with Gasteiger partial charge in [0.2, 0.25) is 11.8 Å². The molecule has 1 aliphatic heterocycles. The number of nitrogens with zero attached hydrogens (tertiary/aromatic N) is 1. The summed E-state index contributed by atoms with van der Waals surface area (Å²) in [7, 11) is 0. The lowest BCUT2D eigenvalue weighted by molar-refractivity contribution is -0.137. The summed E-state index contributed by atoms with van der Waals surface area (Å²) in [5.74, 6) is -6.03. The number of carbonyl (C=O) groups is 4. The molecule has 12 heteroatoms. The number of piperidine rings is 1. The van der Waals surface area contributed by atoms with Crippen molar-refractivity contribution in [1.82, 2.24) is 10.2 Å². The lowest BCUT2D eigenvalue weighted by atomic mass is 9.86. The predicted octanol–water partition coefficient (Wildman–Crippen LogP) is 1.59. The van der Waals surface area contributed by atoms with Gasteiger partial charge in [-0.3, -0.25) is 9.59 Å². The van der Waals surface area contributed by atoms with Gasteiger partial charge in [-0.05, 0) is 49.7 Å². The lowest BCUT2D eigenvalue weighted by Crippen LogP contribution is -2.45. The molecule has 5 N–H and O–H groups in total. The maximum Gasteiger partial charge on any atom is 0.328 e. The summed E-state index contributed by atoms with van der Waals surface area (Å²) in [6, 6.07) is 1.19. The Bertz CT molecular complexity index is 959. The highest BCUT2D eigenvalue weighted by Crippen LogP contribution is 2.24. The van der Waals surface area contributed by atoms with E-state index in [1.165, 1.54) is 0 Å². The van der Waals surface area contributed by atoms with E-state index in [1.54, 1.807) is 4.90 Å². The third-order valence-electron chi connectivity index (χ3n) is 5.67. The fourth-order valence-electron chi connectivity index (χ4n) is 3.62. The maximum atomic E-state index is 13.8. The Labute approximate surface area is 199 Å². The molecule has 3 rings (SSSR count). The Morgan fingerprint density at radius 1 is 0.971 bits per heavy atom. The number of halogens is 3. The molecule has 2 amide bonds. The van der Waals surface area contributed by atoms with E-state index in [1.807, 2.05) is 0 Å². The zero-order chi connectivity index (χ0) is 26.1. The summed E-state index contributed by atoms with van der Waals surface area (Å²) >= 11 is 0. The van der Waals surface area contributed by atoms with Crippen molar-refractivity contribution in [2.75, 3.05) is 13.1 Å². The van der Waals surface area contributed by atoms with Gasteiger partial charge in [0.05, 0.1) is 0 Å². The summed E-state index contributed by atoms with van der Waals surface area (Å²) in [4.78, 5) is 44.7. The molecule has 1 heterocycles. The highest BCUT2D eigenvalue weighted by molar-refractivity contribution is 5.97. The van der Waals surface area contributed by atoms with Gasteiger partial charge in [0.25, 0.3) is 0 Å². The third kappa shape index (κ3) is 9.77. The Morgan fingerprint density at radius 3 is 2.03 bits per heavy atom. The van der Waals surface area contributed by atoms with Crippen LogP contribution in [-0.4, -0.2) is 64.0 Å². The molecule has 1 atom stereocenters. The molecule has 35 heavy (non-hydrogen) atoms. The van der Waals surface area contributed by atoms with Crippen LogP contribution in [0.2, 0.25) is 0 Å². The van der Waals surface area contributed by atoms with Gasteiger partial charge in [-0.1, -0.05) is 0 Å². The van der Waals surface area contributed by atoms with E-state index in [-0.39, 0.29) is 42.2 Å². The molecule has 2 aliphatic rings. The summed E-state index contributed by atoms with van der Waals surface area (Å²) in [6.07, 6.45) is 4.28. The molecular formula is C23H28F3N3O6. The van der Waals surface area contributed by atoms with Crippen LogP contribution in [0.1, 0.15) is 37.7 Å². The van der Waals surface area contributed by atoms with E-state index in [0.717, 1.165) is 18.9 Å². The van der Waals surface area contributed by atoms with Crippen molar-refractivity contribution >= 4 is 23.8 Å². The molecule has 0 aromatic heterocycles. The van der Waals surface area contributed by atoms with Crippen molar-refractivity contribution in [2.45, 2.75) is 50.6 Å². The predicted molar refractivity (Wildman–Crippen MR) is 117 cm³/mol. The average molecular weight is 499 g/mol. The van der Waals surface area contributed by atoms with E-state index < -0.39 is 35.4 Å². The van der Waals surface area contributed by atoms with Gasteiger partial charge in [-0.2, -0.15) is 0 Å². The molecule has 1 aromatic rings. The van der Waals surface area contributed by atoms with Crippen LogP contribution in [0.4, 0.5) is 13.2 Å². The summed E-state index contributed by atoms with van der Waals surface area (Å²) in [6.45, 7) is 0.961. The van der Waals surface area contributed by atoms with Gasteiger partial charge in [-0.15, -0.1) is 0 Å². The van der Waals surface area contributed by atoms with Crippen molar-refractivity contribution in [3.05, 3.63) is 47.3 Å². The first-order valence-corrected chi connectivity index (χ1v) is 11.1. The quantitative estimate of drug-likeness (QED) is 0.241. The van der Waals surface area contributed by atoms with E-state index >= 15 is 0 Å². The van der Waals surface area contributed by atoms with Crippen LogP contribution in [0.5, 0.6) is 0 Å². The van der Waals surface area contributed by atoms with Crippen LogP contribution in [0.3, 0.4) is 0 Å². The molecule has 1 aliphatic carbocycles. The van der Waals surface area contributed by atoms with Crippen LogP contribution in [0, 0.1) is 23.4 Å². The van der Waals surface area contributed by atoms with Gasteiger partial charge in [-0.25, -0.2) is 22.8 Å². The number of benzene rings is 1. The van der Waals surface area contributed by atoms with Gasteiger partial charge in [0, 0.05) is 43.4 Å². The van der Waals surface area contributed by atoms with Gasteiger partial charge >= 0.3 is 11.9 Å². The number of amides is 2. The van der Waals surface area contributed by atoms with Crippen LogP contribution >= 0.6 is 0 Å². The number of hydrogen-bond donors (Lipinski definition) is 4. The topological polar surface area (TPSA) is 150 Å². The van der Waals surface area contributed by atoms with E-state index in [2.05, 4.69) is 5.32 Å². The number of nitrogens with two attached hydrogens (primary N) is 1. The Morgan fingerprint density at radius 2 is 1.51 bits per heavy atom. The number of likely N-dealkylation sites (tertiary alicyclic amines) is 1. The second kappa shape index (κ2) is 12.9. The zero-order valence-electron chi connectivity index (χ0n) is 18.9. The highest BCUT2D eigenvalue weighted by atomic mass is 19.2. The molecule has 0 unspecified atom stereocenters. The lowest BCUT2D eigenvalue weighted by Gasteiger charge is -2.35. The number of carbonyl (C=O) groups excluding carboxylic acids is 2. The Kier molecular flexibility index (Phi) is 10.2. The number of nitrogens with one attached hydrogen (secondary N) is 1. The number of carboxylic acids is 2. The van der Waals surface area contributed by atoms with Crippen molar-refractivity contribution in [3.63, 3.8) is 0 Å². The van der Waals surface area contributed by atoms with Crippen LogP contribution < -0.4 is 11.1 Å². The minimum absolute atomic E-state index is 0.0434. The van der Waals surface area contributed by atoms with E-state index in [4.69, 9.17) is 15.9 Å². The first kappa shape index (κ1) is 27.8. The second-order valence-corrected chi connectivity index (χ2v) is 8.47. The molecule has 0 bridgehead atoms. The fourth-order valence-corrected chi connectivity index (χ4v) is 3.62. The first-order chi connectivity index (χ1) is 16.5. The van der Waals surface area contributed by atoms with Crippen LogP contribution in [0.25, 0.3) is 0 Å². The molecule has 192 valence electrons. The second-order valence-electron chi connectivity index (χ2n) is 8.47. The minimum Gasteiger partial charge on any atom is -0.478 e. The van der Waals surface area contributed by atoms with Crippen LogP contribution in [-0.2, 0) is 25.6 Å². The highest BCUT2D eigenvalue weighted by Gasteiger charge is 2.29. The Hall–Kier alpha value is -3.41. The summed E-state index contributed by atoms with van der Waals surface area (Å²) < 4.78 is 40.1. The summed E-state index contributed by atoms with van der Waals surface area (Å²) in [5, 5.41) is 18.4. The molecule has 1 saturated heterocycles. The number of rotatable bonds is 8. The van der Waals surface area contributed by atoms with E-state index in [0.29, 0.717) is 44.1 Å². The normalized spacial score (nSPS) is 16.9. The zero-order valence-corrected chi connectivity index (χ0v) is 18.9. The minimum atomic E-state index is -1.26. The molecule has 1 saturated carbocycles. The van der Waals surface area contributed by atoms with Gasteiger partial charge in [0.15, 0.2) is 11.6 Å². The molecule has 0 radical (unpaired) electrons.